The standard InChI is InChI=1S/C17H23NO.C2H6/c1-12-2-5-16(13-6-8-18-9-7-13)15(10-12)11-17(19)14-3-4-14;1-2/h2,5,10,13-14,18H,3-4,6-9,11H2,1H3;1-2H3. The quantitative estimate of drug-likeness (QED) is 0.906. The summed E-state index contributed by atoms with van der Waals surface area (Å²) < 4.78 is 0. The molecule has 1 saturated heterocycles. The molecule has 1 heterocycles. The highest BCUT2D eigenvalue weighted by Gasteiger charge is 2.30. The highest BCUT2D eigenvalue weighted by molar-refractivity contribution is 5.85. The van der Waals surface area contributed by atoms with E-state index < -0.39 is 0 Å². The summed E-state index contributed by atoms with van der Waals surface area (Å²) >= 11 is 0. The highest BCUT2D eigenvalue weighted by atomic mass is 16.1. The van der Waals surface area contributed by atoms with E-state index >= 15 is 0 Å². The first-order valence-electron chi connectivity index (χ1n) is 8.57. The molecule has 0 radical (unpaired) electrons. The number of aryl methyl sites for hydroxylation is 1. The monoisotopic (exact) mass is 287 g/mol. The molecule has 1 N–H and O–H groups in total. The maximum Gasteiger partial charge on any atom is 0.140 e. The van der Waals surface area contributed by atoms with Crippen LogP contribution in [0.3, 0.4) is 0 Å². The van der Waals surface area contributed by atoms with Crippen LogP contribution in [-0.4, -0.2) is 18.9 Å². The van der Waals surface area contributed by atoms with Crippen LogP contribution in [0.25, 0.3) is 0 Å². The van der Waals surface area contributed by atoms with Gasteiger partial charge in [0, 0.05) is 12.3 Å². The lowest BCUT2D eigenvalue weighted by atomic mass is 9.85. The third kappa shape index (κ3) is 4.41. The van der Waals surface area contributed by atoms with Crippen molar-refractivity contribution in [2.75, 3.05) is 13.1 Å². The van der Waals surface area contributed by atoms with Crippen molar-refractivity contribution in [1.29, 1.82) is 0 Å². The zero-order valence-corrected chi connectivity index (χ0v) is 13.7. The van der Waals surface area contributed by atoms with Crippen LogP contribution in [0.2, 0.25) is 0 Å². The summed E-state index contributed by atoms with van der Waals surface area (Å²) in [6, 6.07) is 6.70. The Morgan fingerprint density at radius 3 is 2.43 bits per heavy atom. The number of benzene rings is 1. The fraction of sp³-hybridized carbons (Fsp3) is 0.632. The Hall–Kier alpha value is -1.15. The van der Waals surface area contributed by atoms with Crippen LogP contribution in [0.5, 0.6) is 0 Å². The Morgan fingerprint density at radius 1 is 1.14 bits per heavy atom. The molecule has 2 nitrogen and oxygen atoms in total. The van der Waals surface area contributed by atoms with Gasteiger partial charge < -0.3 is 5.32 Å². The van der Waals surface area contributed by atoms with Crippen LogP contribution >= 0.6 is 0 Å². The number of carbonyl (C=O) groups excluding carboxylic acids is 1. The molecule has 2 fully saturated rings. The molecule has 0 atom stereocenters. The Bertz CT molecular complexity index is 470. The van der Waals surface area contributed by atoms with Gasteiger partial charge in [0.2, 0.25) is 0 Å². The lowest BCUT2D eigenvalue weighted by Gasteiger charge is -2.25. The Balaban J connectivity index is 0.000000774. The number of Topliss-reactive ketones (excluding diaryl/α,β-unsaturated/α-hetero) is 1. The fourth-order valence-electron chi connectivity index (χ4n) is 3.16. The van der Waals surface area contributed by atoms with E-state index in [1.165, 1.54) is 29.5 Å². The molecule has 1 aliphatic carbocycles. The van der Waals surface area contributed by atoms with Crippen LogP contribution < -0.4 is 5.32 Å². The minimum Gasteiger partial charge on any atom is -0.317 e. The lowest BCUT2D eigenvalue weighted by Crippen LogP contribution is -2.27. The molecule has 0 amide bonds. The number of ketones is 1. The summed E-state index contributed by atoms with van der Waals surface area (Å²) in [6.07, 6.45) is 5.30. The second-order valence-corrected chi connectivity index (χ2v) is 6.14. The predicted molar refractivity (Wildman–Crippen MR) is 88.8 cm³/mol. The molecule has 1 aromatic carbocycles. The van der Waals surface area contributed by atoms with E-state index in [4.69, 9.17) is 0 Å². The van der Waals surface area contributed by atoms with Gasteiger partial charge in [-0.25, -0.2) is 0 Å². The maximum absolute atomic E-state index is 12.1. The first-order chi connectivity index (χ1) is 10.2. The third-order valence-electron chi connectivity index (χ3n) is 4.47. The average molecular weight is 287 g/mol. The number of rotatable bonds is 4. The van der Waals surface area contributed by atoms with Crippen molar-refractivity contribution >= 4 is 5.78 Å². The van der Waals surface area contributed by atoms with Gasteiger partial charge in [-0.05, 0) is 62.7 Å². The van der Waals surface area contributed by atoms with Crippen molar-refractivity contribution in [2.45, 2.75) is 58.8 Å². The Kier molecular flexibility index (Phi) is 5.98. The highest BCUT2D eigenvalue weighted by Crippen LogP contribution is 2.33. The van der Waals surface area contributed by atoms with E-state index in [1.54, 1.807) is 0 Å². The smallest absolute Gasteiger partial charge is 0.140 e. The molecule has 2 aliphatic rings. The molecule has 0 spiro atoms. The largest absolute Gasteiger partial charge is 0.317 e. The summed E-state index contributed by atoms with van der Waals surface area (Å²) in [6.45, 7) is 8.33. The lowest BCUT2D eigenvalue weighted by molar-refractivity contribution is -0.119. The minimum absolute atomic E-state index is 0.376. The zero-order chi connectivity index (χ0) is 15.2. The van der Waals surface area contributed by atoms with Crippen molar-refractivity contribution < 1.29 is 4.79 Å². The number of hydrogen-bond acceptors (Lipinski definition) is 2. The molecule has 116 valence electrons. The van der Waals surface area contributed by atoms with Crippen molar-refractivity contribution in [3.05, 3.63) is 34.9 Å². The Morgan fingerprint density at radius 2 is 1.81 bits per heavy atom. The number of carbonyl (C=O) groups is 1. The van der Waals surface area contributed by atoms with E-state index in [0.717, 1.165) is 25.9 Å². The van der Waals surface area contributed by atoms with Gasteiger partial charge in [0.1, 0.15) is 5.78 Å². The van der Waals surface area contributed by atoms with Crippen LogP contribution in [0.15, 0.2) is 18.2 Å². The van der Waals surface area contributed by atoms with Crippen LogP contribution in [0.1, 0.15) is 62.1 Å². The molecule has 1 aliphatic heterocycles. The summed E-state index contributed by atoms with van der Waals surface area (Å²) in [7, 11) is 0. The van der Waals surface area contributed by atoms with Gasteiger partial charge in [0.15, 0.2) is 0 Å². The first-order valence-corrected chi connectivity index (χ1v) is 8.57. The van der Waals surface area contributed by atoms with Crippen molar-refractivity contribution in [3.63, 3.8) is 0 Å². The van der Waals surface area contributed by atoms with Crippen LogP contribution in [-0.2, 0) is 11.2 Å². The number of piperidine rings is 1. The Labute approximate surface area is 129 Å². The van der Waals surface area contributed by atoms with Gasteiger partial charge in [0.05, 0.1) is 0 Å². The van der Waals surface area contributed by atoms with Gasteiger partial charge in [-0.1, -0.05) is 37.6 Å². The van der Waals surface area contributed by atoms with Gasteiger partial charge in [-0.3, -0.25) is 4.79 Å². The SMILES string of the molecule is CC.Cc1ccc(C2CCNCC2)c(CC(=O)C2CC2)c1. The van der Waals surface area contributed by atoms with E-state index in [2.05, 4.69) is 30.4 Å². The zero-order valence-electron chi connectivity index (χ0n) is 13.7. The molecule has 1 saturated carbocycles. The third-order valence-corrected chi connectivity index (χ3v) is 4.47. The molecule has 0 aromatic heterocycles. The van der Waals surface area contributed by atoms with Gasteiger partial charge >= 0.3 is 0 Å². The summed E-state index contributed by atoms with van der Waals surface area (Å²) in [5.41, 5.74) is 4.00. The van der Waals surface area contributed by atoms with E-state index in [-0.39, 0.29) is 0 Å². The van der Waals surface area contributed by atoms with Gasteiger partial charge in [0.25, 0.3) is 0 Å². The second-order valence-electron chi connectivity index (χ2n) is 6.14. The molecule has 0 bridgehead atoms. The summed E-state index contributed by atoms with van der Waals surface area (Å²) in [5.74, 6) is 1.48. The second kappa shape index (κ2) is 7.74. The molecule has 1 aromatic rings. The predicted octanol–water partition coefficient (Wildman–Crippen LogP) is 4.01. The van der Waals surface area contributed by atoms with Crippen LogP contribution in [0, 0.1) is 12.8 Å². The maximum atomic E-state index is 12.1. The van der Waals surface area contributed by atoms with Crippen LogP contribution in [0.4, 0.5) is 0 Å². The number of nitrogens with one attached hydrogen (secondary N) is 1. The minimum atomic E-state index is 0.376. The number of hydrogen-bond donors (Lipinski definition) is 1. The first kappa shape index (κ1) is 16.2. The molecule has 0 unspecified atom stereocenters. The van der Waals surface area contributed by atoms with Gasteiger partial charge in [-0.2, -0.15) is 0 Å². The van der Waals surface area contributed by atoms with E-state index in [9.17, 15) is 4.79 Å². The average Bonchev–Trinajstić information content (AvgIpc) is 3.35. The molecule has 3 rings (SSSR count). The fourth-order valence-corrected chi connectivity index (χ4v) is 3.16. The molecule has 2 heteroatoms. The van der Waals surface area contributed by atoms with E-state index in [0.29, 0.717) is 24.0 Å². The topological polar surface area (TPSA) is 29.1 Å². The van der Waals surface area contributed by atoms with Crippen molar-refractivity contribution in [3.8, 4) is 0 Å². The normalized spacial score (nSPS) is 18.8. The van der Waals surface area contributed by atoms with E-state index in [1.807, 2.05) is 13.8 Å². The summed E-state index contributed by atoms with van der Waals surface area (Å²) in [4.78, 5) is 12.1. The van der Waals surface area contributed by atoms with Crippen molar-refractivity contribution in [1.82, 2.24) is 5.32 Å². The molecular formula is C19H29NO. The molecule has 21 heavy (non-hydrogen) atoms. The van der Waals surface area contributed by atoms with Crippen molar-refractivity contribution in [2.24, 2.45) is 5.92 Å². The molecular weight excluding hydrogens is 258 g/mol. The summed E-state index contributed by atoms with van der Waals surface area (Å²) in [5, 5.41) is 3.42. The van der Waals surface area contributed by atoms with Gasteiger partial charge in [-0.15, -0.1) is 0 Å².